The number of benzene rings is 2. The van der Waals surface area contributed by atoms with Crippen LogP contribution in [-0.4, -0.2) is 45.7 Å². The molecule has 4 aromatic rings. The molecule has 2 aromatic heterocycles. The van der Waals surface area contributed by atoms with Crippen molar-refractivity contribution in [2.45, 2.75) is 38.0 Å². The van der Waals surface area contributed by atoms with E-state index in [-0.39, 0.29) is 23.6 Å². The Labute approximate surface area is 250 Å². The first kappa shape index (κ1) is 25.7. The number of imide groups is 2. The predicted molar refractivity (Wildman–Crippen MR) is 160 cm³/mol. The lowest BCUT2D eigenvalue weighted by Gasteiger charge is -2.35. The summed E-state index contributed by atoms with van der Waals surface area (Å²) in [6.07, 6.45) is 0. The summed E-state index contributed by atoms with van der Waals surface area (Å²) < 4.78 is 0. The molecule has 0 spiro atoms. The molecule has 6 heterocycles. The first-order chi connectivity index (χ1) is 20.4. The molecule has 4 aliphatic rings. The van der Waals surface area contributed by atoms with Gasteiger partial charge in [-0.2, -0.15) is 0 Å². The van der Waals surface area contributed by atoms with Crippen molar-refractivity contribution < 1.29 is 19.2 Å². The fourth-order valence-electron chi connectivity index (χ4n) is 7.35. The zero-order valence-electron chi connectivity index (χ0n) is 22.8. The fourth-order valence-corrected chi connectivity index (χ4v) is 9.09. The molecular formula is C32H26N4O4S2. The molecule has 8 rings (SSSR count). The minimum Gasteiger partial charge on any atom is -0.274 e. The van der Waals surface area contributed by atoms with Gasteiger partial charge in [0.05, 0.1) is 35.3 Å². The van der Waals surface area contributed by atoms with E-state index in [1.165, 1.54) is 32.5 Å². The van der Waals surface area contributed by atoms with Crippen molar-refractivity contribution in [3.8, 4) is 0 Å². The van der Waals surface area contributed by atoms with Crippen molar-refractivity contribution in [3.63, 3.8) is 0 Å². The van der Waals surface area contributed by atoms with Gasteiger partial charge in [-0.05, 0) is 72.1 Å². The van der Waals surface area contributed by atoms with E-state index in [1.54, 1.807) is 12.1 Å². The van der Waals surface area contributed by atoms with E-state index < -0.39 is 36.0 Å². The number of carbonyl (C=O) groups excluding carboxylic acids is 4. The number of fused-ring (bicyclic) bond motifs is 5. The second kappa shape index (κ2) is 9.27. The summed E-state index contributed by atoms with van der Waals surface area (Å²) in [6, 6.07) is 19.7. The van der Waals surface area contributed by atoms with Gasteiger partial charge in [0.2, 0.25) is 11.8 Å². The van der Waals surface area contributed by atoms with Gasteiger partial charge in [0.1, 0.15) is 12.1 Å². The molecule has 10 heteroatoms. The standard InChI is InChI=1S/C32H26N4O4S2/c1-17-7-3-9-19(15-17)33-29(37)23-25(21-11-5-13-41-21)36-28-24(26(22-12-6-14-42-22)35(36)27(23)31(33)39)30(38)34(32(28)40)20-10-4-8-18(2)16-20/h3-16,23-28H,1-2H3/t23-,24+,25-,26-,27-,28+/m0/s1. The minimum absolute atomic E-state index is 0.280. The number of hydrogen-bond acceptors (Lipinski definition) is 8. The number of amides is 4. The van der Waals surface area contributed by atoms with Gasteiger partial charge in [0, 0.05) is 9.75 Å². The van der Waals surface area contributed by atoms with Crippen LogP contribution in [-0.2, 0) is 19.2 Å². The van der Waals surface area contributed by atoms with Crippen molar-refractivity contribution in [3.05, 3.63) is 104 Å². The zero-order valence-corrected chi connectivity index (χ0v) is 24.4. The van der Waals surface area contributed by atoms with Crippen molar-refractivity contribution in [2.75, 3.05) is 9.80 Å². The summed E-state index contributed by atoms with van der Waals surface area (Å²) in [7, 11) is 0. The molecule has 4 aliphatic heterocycles. The lowest BCUT2D eigenvalue weighted by molar-refractivity contribution is -0.135. The topological polar surface area (TPSA) is 81.2 Å². The molecule has 210 valence electrons. The van der Waals surface area contributed by atoms with Crippen LogP contribution in [0.1, 0.15) is 33.0 Å². The summed E-state index contributed by atoms with van der Waals surface area (Å²) in [5.74, 6) is -2.66. The van der Waals surface area contributed by atoms with Gasteiger partial charge in [-0.25, -0.2) is 19.8 Å². The van der Waals surface area contributed by atoms with Crippen molar-refractivity contribution in [2.24, 2.45) is 11.8 Å². The molecular weight excluding hydrogens is 569 g/mol. The van der Waals surface area contributed by atoms with Crippen molar-refractivity contribution in [1.82, 2.24) is 10.0 Å². The Morgan fingerprint density at radius 1 is 0.524 bits per heavy atom. The van der Waals surface area contributed by atoms with Gasteiger partial charge >= 0.3 is 0 Å². The number of nitrogens with zero attached hydrogens (tertiary/aromatic N) is 4. The van der Waals surface area contributed by atoms with Crippen LogP contribution in [0.3, 0.4) is 0 Å². The second-order valence-corrected chi connectivity index (χ2v) is 13.3. The third kappa shape index (κ3) is 3.40. The number of anilines is 2. The van der Waals surface area contributed by atoms with Crippen LogP contribution in [0.5, 0.6) is 0 Å². The highest BCUT2D eigenvalue weighted by Gasteiger charge is 2.74. The third-order valence-electron chi connectivity index (χ3n) is 8.91. The largest absolute Gasteiger partial charge is 0.274 e. The molecule has 0 aliphatic carbocycles. The van der Waals surface area contributed by atoms with Crippen LogP contribution >= 0.6 is 22.7 Å². The Kier molecular flexibility index (Phi) is 5.68. The molecule has 4 amide bonds. The van der Waals surface area contributed by atoms with Crippen LogP contribution in [0, 0.1) is 25.7 Å². The lowest BCUT2D eigenvalue weighted by atomic mass is 9.88. The van der Waals surface area contributed by atoms with Crippen LogP contribution in [0.2, 0.25) is 0 Å². The monoisotopic (exact) mass is 594 g/mol. The molecule has 0 unspecified atom stereocenters. The van der Waals surface area contributed by atoms with E-state index in [2.05, 4.69) is 0 Å². The van der Waals surface area contributed by atoms with Crippen molar-refractivity contribution in [1.29, 1.82) is 0 Å². The highest BCUT2D eigenvalue weighted by molar-refractivity contribution is 7.10. The fraction of sp³-hybridized carbons (Fsp3) is 0.250. The third-order valence-corrected chi connectivity index (χ3v) is 10.8. The molecule has 0 N–H and O–H groups in total. The van der Waals surface area contributed by atoms with Crippen LogP contribution in [0.25, 0.3) is 0 Å². The summed E-state index contributed by atoms with van der Waals surface area (Å²) in [5, 5.41) is 7.74. The summed E-state index contributed by atoms with van der Waals surface area (Å²) in [5.41, 5.74) is 2.98. The molecule has 0 saturated carbocycles. The Hall–Kier alpha value is -3.96. The summed E-state index contributed by atoms with van der Waals surface area (Å²) >= 11 is 2.99. The molecule has 8 nitrogen and oxygen atoms in total. The van der Waals surface area contributed by atoms with E-state index in [1.807, 2.05) is 95.3 Å². The summed E-state index contributed by atoms with van der Waals surface area (Å²) in [6.45, 7) is 3.86. The van der Waals surface area contributed by atoms with Gasteiger partial charge < -0.3 is 0 Å². The lowest BCUT2D eigenvalue weighted by Crippen LogP contribution is -2.50. The molecule has 6 atom stereocenters. The number of hydrazine groups is 1. The van der Waals surface area contributed by atoms with E-state index in [9.17, 15) is 19.2 Å². The maximum Gasteiger partial charge on any atom is 0.253 e. The highest BCUT2D eigenvalue weighted by Crippen LogP contribution is 2.60. The molecule has 4 saturated heterocycles. The van der Waals surface area contributed by atoms with Gasteiger partial charge in [-0.3, -0.25) is 19.2 Å². The van der Waals surface area contributed by atoms with E-state index in [4.69, 9.17) is 0 Å². The number of carbonyl (C=O) groups is 4. The van der Waals surface area contributed by atoms with Gasteiger partial charge in [-0.15, -0.1) is 22.7 Å². The van der Waals surface area contributed by atoms with Crippen LogP contribution in [0.4, 0.5) is 11.4 Å². The predicted octanol–water partition coefficient (Wildman–Crippen LogP) is 4.87. The molecule has 2 aromatic carbocycles. The minimum atomic E-state index is -0.837. The Morgan fingerprint density at radius 3 is 1.31 bits per heavy atom. The second-order valence-electron chi connectivity index (χ2n) is 11.3. The zero-order chi connectivity index (χ0) is 28.9. The van der Waals surface area contributed by atoms with Crippen LogP contribution < -0.4 is 9.80 Å². The number of thiophene rings is 2. The molecule has 42 heavy (non-hydrogen) atoms. The normalized spacial score (nSPS) is 29.1. The Bertz CT molecular complexity index is 1640. The Balaban J connectivity index is 1.31. The van der Waals surface area contributed by atoms with Gasteiger partial charge in [-0.1, -0.05) is 36.4 Å². The maximum absolute atomic E-state index is 14.4. The molecule has 0 radical (unpaired) electrons. The number of hydrogen-bond donors (Lipinski definition) is 0. The summed E-state index contributed by atoms with van der Waals surface area (Å²) in [4.78, 5) is 61.7. The van der Waals surface area contributed by atoms with E-state index in [0.29, 0.717) is 11.4 Å². The first-order valence-corrected chi connectivity index (χ1v) is 15.6. The van der Waals surface area contributed by atoms with E-state index in [0.717, 1.165) is 20.9 Å². The maximum atomic E-state index is 14.4. The average Bonchev–Trinajstić information content (AvgIpc) is 3.79. The smallest absolute Gasteiger partial charge is 0.253 e. The number of aryl methyl sites for hydroxylation is 2. The van der Waals surface area contributed by atoms with Gasteiger partial charge in [0.25, 0.3) is 11.8 Å². The SMILES string of the molecule is Cc1cccc(N2C(=O)[C@@H]3[C@@H](C2=O)N2[C@@H](c4cccs4)[C@H]4C(=O)N(c5cccc(C)c5)C(=O)[C@@H]4N2[C@H]3c2cccs2)c1. The molecule has 0 bridgehead atoms. The first-order valence-electron chi connectivity index (χ1n) is 13.9. The van der Waals surface area contributed by atoms with Crippen molar-refractivity contribution >= 4 is 57.7 Å². The van der Waals surface area contributed by atoms with Crippen LogP contribution in [0.15, 0.2) is 83.6 Å². The Morgan fingerprint density at radius 2 is 0.952 bits per heavy atom. The quantitative estimate of drug-likeness (QED) is 0.314. The molecule has 4 fully saturated rings. The number of rotatable bonds is 4. The average molecular weight is 595 g/mol. The van der Waals surface area contributed by atoms with E-state index >= 15 is 0 Å². The van der Waals surface area contributed by atoms with Gasteiger partial charge in [0.15, 0.2) is 0 Å². The highest BCUT2D eigenvalue weighted by atomic mass is 32.1.